The Labute approximate surface area is 176 Å². The summed E-state index contributed by atoms with van der Waals surface area (Å²) < 4.78 is 5.42. The van der Waals surface area contributed by atoms with Gasteiger partial charge in [-0.25, -0.2) is 4.99 Å². The first-order valence-corrected chi connectivity index (χ1v) is 10.1. The highest BCUT2D eigenvalue weighted by Gasteiger charge is 2.03. The molecular weight excluding hydrogens is 364 g/mol. The molecule has 0 aromatic rings. The summed E-state index contributed by atoms with van der Waals surface area (Å²) in [5, 5.41) is 14.1. The maximum Gasteiger partial charge on any atom is 0.143 e. The van der Waals surface area contributed by atoms with Crippen molar-refractivity contribution in [3.63, 3.8) is 0 Å². The molecule has 3 N–H and O–H groups in total. The van der Waals surface area contributed by atoms with E-state index in [4.69, 9.17) is 10.1 Å². The number of methoxy groups -OCH3 is 1. The van der Waals surface area contributed by atoms with E-state index in [2.05, 4.69) is 58.2 Å². The SMILES string of the molecule is C=NC(=N)/C=C\C/C(=C\CN(CC)CNC(/C=N/CCC)=C/NC/C=C/C)OC. The van der Waals surface area contributed by atoms with Crippen molar-refractivity contribution in [2.75, 3.05) is 40.0 Å². The number of rotatable bonds is 16. The van der Waals surface area contributed by atoms with E-state index in [0.717, 1.165) is 44.1 Å². The predicted molar refractivity (Wildman–Crippen MR) is 126 cm³/mol. The van der Waals surface area contributed by atoms with Crippen LogP contribution in [0.25, 0.3) is 0 Å². The Morgan fingerprint density at radius 3 is 2.69 bits per heavy atom. The predicted octanol–water partition coefficient (Wildman–Crippen LogP) is 3.50. The van der Waals surface area contributed by atoms with Gasteiger partial charge in [0.1, 0.15) is 5.84 Å². The number of likely N-dealkylation sites (N-methyl/N-ethyl adjacent to an activating group) is 1. The minimum atomic E-state index is 0.145. The van der Waals surface area contributed by atoms with Crippen LogP contribution in [0.2, 0.25) is 0 Å². The number of aliphatic imine (C=N–C) groups is 2. The first kappa shape index (κ1) is 26.3. The van der Waals surface area contributed by atoms with Crippen LogP contribution in [0, 0.1) is 5.41 Å². The zero-order valence-corrected chi connectivity index (χ0v) is 18.4. The van der Waals surface area contributed by atoms with Crippen molar-refractivity contribution >= 4 is 18.8 Å². The lowest BCUT2D eigenvalue weighted by atomic mass is 10.3. The summed E-state index contributed by atoms with van der Waals surface area (Å²) in [5.41, 5.74) is 0.954. The van der Waals surface area contributed by atoms with Gasteiger partial charge in [0.15, 0.2) is 0 Å². The lowest BCUT2D eigenvalue weighted by Crippen LogP contribution is -2.35. The first-order chi connectivity index (χ1) is 14.1. The van der Waals surface area contributed by atoms with Crippen LogP contribution in [0.15, 0.2) is 58.0 Å². The molecule has 0 aromatic carbocycles. The summed E-state index contributed by atoms with van der Waals surface area (Å²) in [6.45, 7) is 13.5. The van der Waals surface area contributed by atoms with Crippen molar-refractivity contribution < 1.29 is 4.74 Å². The zero-order chi connectivity index (χ0) is 21.7. The van der Waals surface area contributed by atoms with Crippen molar-refractivity contribution in [1.29, 1.82) is 5.41 Å². The molecule has 0 aromatic heterocycles. The standard InChI is InChI=1S/C22H38N6O/c1-6-9-15-26-18-20(17-25-14-7-2)27-19-28(8-3)16-13-21(29-5)11-10-12-22(23)24-4/h6,9-10,12-13,17-18,23,26-27H,4,7-8,11,14-16,19H2,1-3,5H3/b9-6+,12-10-,20-18+,21-13+,23-22?,25-17+. The van der Waals surface area contributed by atoms with Gasteiger partial charge < -0.3 is 15.4 Å². The van der Waals surface area contributed by atoms with Crippen LogP contribution in [-0.2, 0) is 4.74 Å². The molecule has 0 bridgehead atoms. The van der Waals surface area contributed by atoms with E-state index >= 15 is 0 Å². The summed E-state index contributed by atoms with van der Waals surface area (Å²) in [6.07, 6.45) is 15.1. The molecule has 0 aliphatic heterocycles. The molecule has 7 heteroatoms. The van der Waals surface area contributed by atoms with Crippen LogP contribution in [0.3, 0.4) is 0 Å². The van der Waals surface area contributed by atoms with Gasteiger partial charge in [-0.15, -0.1) is 0 Å². The molecule has 29 heavy (non-hydrogen) atoms. The minimum Gasteiger partial charge on any atom is -0.501 e. The number of hydrogen-bond acceptors (Lipinski definition) is 6. The van der Waals surface area contributed by atoms with Crippen molar-refractivity contribution in [1.82, 2.24) is 15.5 Å². The number of nitrogens with zero attached hydrogens (tertiary/aromatic N) is 3. The van der Waals surface area contributed by atoms with Crippen LogP contribution in [-0.4, -0.2) is 63.6 Å². The van der Waals surface area contributed by atoms with E-state index in [0.29, 0.717) is 13.1 Å². The number of ether oxygens (including phenoxy) is 1. The van der Waals surface area contributed by atoms with Crippen LogP contribution >= 0.6 is 0 Å². The molecule has 0 saturated heterocycles. The highest BCUT2D eigenvalue weighted by atomic mass is 16.5. The Hall–Kier alpha value is -2.67. The molecule has 0 aliphatic carbocycles. The Morgan fingerprint density at radius 1 is 1.28 bits per heavy atom. The third-order valence-corrected chi connectivity index (χ3v) is 3.87. The number of amidine groups is 1. The Bertz CT molecular complexity index is 604. The molecule has 0 fully saturated rings. The average molecular weight is 403 g/mol. The fraction of sp³-hybridized carbons (Fsp3) is 0.500. The fourth-order valence-corrected chi connectivity index (χ4v) is 2.11. The minimum absolute atomic E-state index is 0.145. The highest BCUT2D eigenvalue weighted by molar-refractivity contribution is 5.93. The van der Waals surface area contributed by atoms with Crippen LogP contribution in [0.1, 0.15) is 33.6 Å². The molecule has 0 saturated carbocycles. The van der Waals surface area contributed by atoms with Gasteiger partial charge in [-0.1, -0.05) is 32.1 Å². The number of allylic oxidation sites excluding steroid dienone is 3. The smallest absolute Gasteiger partial charge is 0.143 e. The molecule has 0 heterocycles. The largest absolute Gasteiger partial charge is 0.501 e. The number of hydrogen-bond donors (Lipinski definition) is 3. The second-order valence-corrected chi connectivity index (χ2v) is 6.14. The van der Waals surface area contributed by atoms with E-state index in [1.165, 1.54) is 0 Å². The second kappa shape index (κ2) is 18.7. The Morgan fingerprint density at radius 2 is 2.07 bits per heavy atom. The summed E-state index contributed by atoms with van der Waals surface area (Å²) >= 11 is 0. The van der Waals surface area contributed by atoms with Gasteiger partial charge in [0.05, 0.1) is 25.2 Å². The molecule has 162 valence electrons. The maximum absolute atomic E-state index is 7.45. The summed E-state index contributed by atoms with van der Waals surface area (Å²) in [5.74, 6) is 0.997. The number of nitrogens with one attached hydrogen (secondary N) is 3. The van der Waals surface area contributed by atoms with Crippen molar-refractivity contribution in [3.8, 4) is 0 Å². The molecule has 0 amide bonds. The van der Waals surface area contributed by atoms with Crippen molar-refractivity contribution in [2.24, 2.45) is 9.98 Å². The molecule has 0 atom stereocenters. The maximum atomic E-state index is 7.45. The molecule has 0 unspecified atom stereocenters. The van der Waals surface area contributed by atoms with E-state index in [9.17, 15) is 0 Å². The summed E-state index contributed by atoms with van der Waals surface area (Å²) in [4.78, 5) is 10.2. The quantitative estimate of drug-likeness (QED) is 0.0921. The first-order valence-electron chi connectivity index (χ1n) is 10.1. The Kier molecular flexibility index (Phi) is 17.0. The van der Waals surface area contributed by atoms with Crippen LogP contribution in [0.5, 0.6) is 0 Å². The van der Waals surface area contributed by atoms with E-state index < -0.39 is 0 Å². The third kappa shape index (κ3) is 15.0. The van der Waals surface area contributed by atoms with E-state index in [1.807, 2.05) is 31.5 Å². The fourth-order valence-electron chi connectivity index (χ4n) is 2.11. The summed E-state index contributed by atoms with van der Waals surface area (Å²) in [7, 11) is 1.66. The van der Waals surface area contributed by atoms with Gasteiger partial charge >= 0.3 is 0 Å². The third-order valence-electron chi connectivity index (χ3n) is 3.87. The molecule has 7 nitrogen and oxygen atoms in total. The van der Waals surface area contributed by atoms with Crippen LogP contribution in [0.4, 0.5) is 0 Å². The monoisotopic (exact) mass is 402 g/mol. The second-order valence-electron chi connectivity index (χ2n) is 6.14. The van der Waals surface area contributed by atoms with Crippen molar-refractivity contribution in [3.05, 3.63) is 48.0 Å². The average Bonchev–Trinajstić information content (AvgIpc) is 2.74. The van der Waals surface area contributed by atoms with Gasteiger partial charge in [0, 0.05) is 38.5 Å². The highest BCUT2D eigenvalue weighted by Crippen LogP contribution is 2.04. The molecule has 0 rings (SSSR count). The van der Waals surface area contributed by atoms with Gasteiger partial charge in [-0.3, -0.25) is 15.3 Å². The van der Waals surface area contributed by atoms with Gasteiger partial charge in [-0.2, -0.15) is 0 Å². The van der Waals surface area contributed by atoms with Gasteiger partial charge in [0.2, 0.25) is 0 Å². The zero-order valence-electron chi connectivity index (χ0n) is 18.4. The lowest BCUT2D eigenvalue weighted by Gasteiger charge is -2.20. The Balaban J connectivity index is 4.77. The normalized spacial score (nSPS) is 13.0. The van der Waals surface area contributed by atoms with Gasteiger partial charge in [0.25, 0.3) is 0 Å². The molecular formula is C22H38N6O. The summed E-state index contributed by atoms with van der Waals surface area (Å²) in [6, 6.07) is 0. The lowest BCUT2D eigenvalue weighted by molar-refractivity contribution is 0.269. The van der Waals surface area contributed by atoms with Crippen LogP contribution < -0.4 is 10.6 Å². The van der Waals surface area contributed by atoms with Crippen molar-refractivity contribution in [2.45, 2.75) is 33.6 Å². The topological polar surface area (TPSA) is 85.1 Å². The molecule has 0 radical (unpaired) electrons. The van der Waals surface area contributed by atoms with Gasteiger partial charge in [-0.05, 0) is 38.8 Å². The van der Waals surface area contributed by atoms with E-state index in [1.54, 1.807) is 13.2 Å². The molecule has 0 aliphatic rings. The van der Waals surface area contributed by atoms with E-state index in [-0.39, 0.29) is 5.84 Å². The molecule has 0 spiro atoms.